The second kappa shape index (κ2) is 8.50. The summed E-state index contributed by atoms with van der Waals surface area (Å²) >= 11 is 0. The zero-order valence-electron chi connectivity index (χ0n) is 16.5. The van der Waals surface area contributed by atoms with Crippen molar-refractivity contribution in [3.05, 3.63) is 53.0 Å². The second-order valence-corrected chi connectivity index (χ2v) is 9.30. The van der Waals surface area contributed by atoms with Gasteiger partial charge in [-0.2, -0.15) is 4.31 Å². The van der Waals surface area contributed by atoms with E-state index in [2.05, 4.69) is 10.3 Å². The minimum absolute atomic E-state index is 0.0342. The molecule has 150 valence electrons. The average molecular weight is 398 g/mol. The van der Waals surface area contributed by atoms with Crippen molar-refractivity contribution in [2.24, 2.45) is 0 Å². The summed E-state index contributed by atoms with van der Waals surface area (Å²) in [5.74, 6) is -0.406. The van der Waals surface area contributed by atoms with Gasteiger partial charge in [0.25, 0.3) is 0 Å². The van der Waals surface area contributed by atoms with Crippen LogP contribution in [0.3, 0.4) is 0 Å². The smallest absolute Gasteiger partial charge is 0.211 e. The molecule has 0 unspecified atom stereocenters. The van der Waals surface area contributed by atoms with E-state index in [0.29, 0.717) is 25.1 Å². The molecular weight excluding hydrogens is 369 g/mol. The summed E-state index contributed by atoms with van der Waals surface area (Å²) in [6.07, 6.45) is 4.75. The van der Waals surface area contributed by atoms with Gasteiger partial charge < -0.3 is 9.73 Å². The highest BCUT2D eigenvalue weighted by Gasteiger charge is 2.25. The molecule has 0 aliphatic rings. The van der Waals surface area contributed by atoms with Crippen LogP contribution >= 0.6 is 0 Å². The van der Waals surface area contributed by atoms with Crippen LogP contribution in [-0.4, -0.2) is 30.5 Å². The lowest BCUT2D eigenvalue weighted by atomic mass is 9.89. The molecule has 0 saturated carbocycles. The van der Waals surface area contributed by atoms with Crippen LogP contribution < -0.4 is 5.32 Å². The zero-order valence-corrected chi connectivity index (χ0v) is 17.4. The fraction of sp³-hybridized carbons (Fsp3) is 0.526. The first kappa shape index (κ1) is 21.5. The molecule has 0 amide bonds. The first-order chi connectivity index (χ1) is 12.5. The van der Waals surface area contributed by atoms with Gasteiger partial charge in [-0.05, 0) is 44.4 Å². The Bertz CT molecular complexity index is 865. The van der Waals surface area contributed by atoms with Crippen molar-refractivity contribution in [1.82, 2.24) is 14.6 Å². The predicted molar refractivity (Wildman–Crippen MR) is 103 cm³/mol. The maximum absolute atomic E-state index is 14.8. The highest BCUT2D eigenvalue weighted by atomic mass is 32.2. The molecule has 6 nitrogen and oxygen atoms in total. The number of sulfonamides is 1. The molecule has 0 atom stereocenters. The van der Waals surface area contributed by atoms with Crippen LogP contribution in [-0.2, 0) is 28.7 Å². The van der Waals surface area contributed by atoms with Gasteiger partial charge in [0.2, 0.25) is 10.0 Å². The van der Waals surface area contributed by atoms with E-state index in [1.165, 1.54) is 16.8 Å². The van der Waals surface area contributed by atoms with E-state index in [1.54, 1.807) is 12.3 Å². The van der Waals surface area contributed by atoms with Gasteiger partial charge in [0.05, 0.1) is 11.9 Å². The summed E-state index contributed by atoms with van der Waals surface area (Å²) in [6, 6.07) is 3.23. The summed E-state index contributed by atoms with van der Waals surface area (Å²) in [7, 11) is -3.39. The van der Waals surface area contributed by atoms with E-state index in [4.69, 9.17) is 4.42 Å². The monoisotopic (exact) mass is 397 g/mol. The summed E-state index contributed by atoms with van der Waals surface area (Å²) in [4.78, 5) is 4.07. The molecule has 1 N–H and O–H groups in total. The van der Waals surface area contributed by atoms with Crippen LogP contribution in [0.15, 0.2) is 29.2 Å². The molecule has 1 aromatic heterocycles. The number of aromatic nitrogens is 1. The first-order valence-electron chi connectivity index (χ1n) is 8.91. The Kier molecular flexibility index (Phi) is 6.77. The maximum Gasteiger partial charge on any atom is 0.211 e. The molecule has 1 heterocycles. The fourth-order valence-electron chi connectivity index (χ4n) is 3.07. The van der Waals surface area contributed by atoms with E-state index < -0.39 is 21.4 Å². The minimum Gasteiger partial charge on any atom is -0.451 e. The van der Waals surface area contributed by atoms with Crippen LogP contribution in [0.25, 0.3) is 0 Å². The molecule has 27 heavy (non-hydrogen) atoms. The normalized spacial score (nSPS) is 12.7. The van der Waals surface area contributed by atoms with Crippen molar-refractivity contribution < 1.29 is 17.2 Å². The van der Waals surface area contributed by atoms with Crippen molar-refractivity contribution in [3.63, 3.8) is 0 Å². The largest absolute Gasteiger partial charge is 0.451 e. The third-order valence-electron chi connectivity index (χ3n) is 4.55. The van der Waals surface area contributed by atoms with Gasteiger partial charge in [0.1, 0.15) is 12.1 Å². The maximum atomic E-state index is 14.8. The Morgan fingerprint density at radius 2 is 2.04 bits per heavy atom. The highest BCUT2D eigenvalue weighted by Crippen LogP contribution is 2.27. The van der Waals surface area contributed by atoms with Crippen molar-refractivity contribution >= 4 is 10.0 Å². The predicted octanol–water partition coefficient (Wildman–Crippen LogP) is 3.32. The number of hydrogen-bond donors (Lipinski definition) is 1. The van der Waals surface area contributed by atoms with Gasteiger partial charge in [-0.25, -0.2) is 17.8 Å². The Labute approximate surface area is 160 Å². The topological polar surface area (TPSA) is 75.4 Å². The van der Waals surface area contributed by atoms with E-state index >= 15 is 0 Å². The Morgan fingerprint density at radius 3 is 2.59 bits per heavy atom. The SMILES string of the molecule is CCCN(Cc1cc(C)c(C(C)(C)NCc2cocn2)cc1F)S(C)(=O)=O. The third-order valence-corrected chi connectivity index (χ3v) is 5.80. The van der Waals surface area contributed by atoms with Gasteiger partial charge in [-0.3, -0.25) is 0 Å². The lowest BCUT2D eigenvalue weighted by molar-refractivity contribution is 0.388. The number of hydrogen-bond acceptors (Lipinski definition) is 5. The third kappa shape index (κ3) is 5.60. The molecular formula is C19H28FN3O3S. The summed E-state index contributed by atoms with van der Waals surface area (Å²) in [5.41, 5.74) is 2.36. The number of aryl methyl sites for hydroxylation is 1. The molecule has 1 aromatic carbocycles. The van der Waals surface area contributed by atoms with Crippen molar-refractivity contribution in [1.29, 1.82) is 0 Å². The molecule has 0 bridgehead atoms. The van der Waals surface area contributed by atoms with Crippen LogP contribution in [0.1, 0.15) is 49.6 Å². The molecule has 8 heteroatoms. The number of benzene rings is 1. The molecule has 0 spiro atoms. The van der Waals surface area contributed by atoms with E-state index in [9.17, 15) is 12.8 Å². The quantitative estimate of drug-likeness (QED) is 0.702. The molecule has 2 rings (SSSR count). The average Bonchev–Trinajstić information content (AvgIpc) is 3.08. The van der Waals surface area contributed by atoms with Gasteiger partial charge in [0.15, 0.2) is 6.39 Å². The summed E-state index contributed by atoms with van der Waals surface area (Å²) < 4.78 is 44.9. The first-order valence-corrected chi connectivity index (χ1v) is 10.8. The molecule has 0 radical (unpaired) electrons. The number of halogens is 1. The number of oxazole rings is 1. The van der Waals surface area contributed by atoms with Crippen LogP contribution in [0.4, 0.5) is 4.39 Å². The summed E-state index contributed by atoms with van der Waals surface area (Å²) in [5, 5.41) is 3.36. The summed E-state index contributed by atoms with van der Waals surface area (Å²) in [6.45, 7) is 8.62. The minimum atomic E-state index is -3.39. The number of nitrogens with one attached hydrogen (secondary N) is 1. The van der Waals surface area contributed by atoms with Gasteiger partial charge in [-0.1, -0.05) is 13.0 Å². The second-order valence-electron chi connectivity index (χ2n) is 7.31. The molecule has 0 fully saturated rings. The van der Waals surface area contributed by atoms with E-state index in [-0.39, 0.29) is 6.54 Å². The Hall–Kier alpha value is -1.77. The van der Waals surface area contributed by atoms with Crippen LogP contribution in [0.5, 0.6) is 0 Å². The van der Waals surface area contributed by atoms with E-state index in [1.807, 2.05) is 27.7 Å². The molecule has 2 aromatic rings. The number of nitrogens with zero attached hydrogens (tertiary/aromatic N) is 2. The van der Waals surface area contributed by atoms with Crippen LogP contribution in [0.2, 0.25) is 0 Å². The zero-order chi connectivity index (χ0) is 20.2. The van der Waals surface area contributed by atoms with Gasteiger partial charge in [-0.15, -0.1) is 0 Å². The standard InChI is InChI=1S/C19H28FN3O3S/c1-6-7-23(27(5,24)25)11-15-8-14(2)17(9-18(15)20)19(3,4)22-10-16-12-26-13-21-16/h8-9,12-13,22H,6-7,10-11H2,1-5H3. The van der Waals surface area contributed by atoms with Crippen molar-refractivity contribution in [2.45, 2.75) is 52.7 Å². The van der Waals surface area contributed by atoms with Gasteiger partial charge >= 0.3 is 0 Å². The lowest BCUT2D eigenvalue weighted by Gasteiger charge is -2.29. The number of rotatable bonds is 9. The molecule has 0 saturated heterocycles. The van der Waals surface area contributed by atoms with Crippen LogP contribution in [0, 0.1) is 12.7 Å². The Balaban J connectivity index is 2.24. The van der Waals surface area contributed by atoms with Crippen molar-refractivity contribution in [2.75, 3.05) is 12.8 Å². The highest BCUT2D eigenvalue weighted by molar-refractivity contribution is 7.88. The molecule has 0 aliphatic heterocycles. The van der Waals surface area contributed by atoms with Crippen molar-refractivity contribution in [3.8, 4) is 0 Å². The fourth-order valence-corrected chi connectivity index (χ4v) is 3.96. The molecule has 0 aliphatic carbocycles. The van der Waals surface area contributed by atoms with E-state index in [0.717, 1.165) is 23.1 Å². The Morgan fingerprint density at radius 1 is 1.33 bits per heavy atom. The van der Waals surface area contributed by atoms with Gasteiger partial charge in [0, 0.05) is 30.7 Å². The lowest BCUT2D eigenvalue weighted by Crippen LogP contribution is -2.37.